The van der Waals surface area contributed by atoms with E-state index in [1.807, 2.05) is 0 Å². The molecule has 0 N–H and O–H groups in total. The molecule has 2 heterocycles. The number of hydrogen-bond donors (Lipinski definition) is 0. The standard InChI is InChI=1S/C11H15N.C6H13N/c1-9-7-10-5-3-4-6-11(10)8-12(9)2;1-6-4-3-5-7(6)2/h3-6,9H,7-8H2,1-2H3;6H,3-5H2,1-2H3. The van der Waals surface area contributed by atoms with E-state index in [1.54, 1.807) is 0 Å². The Hall–Kier alpha value is -0.860. The van der Waals surface area contributed by atoms with E-state index in [-0.39, 0.29) is 0 Å². The highest BCUT2D eigenvalue weighted by molar-refractivity contribution is 5.29. The van der Waals surface area contributed by atoms with Crippen LogP contribution in [0.1, 0.15) is 37.8 Å². The molecule has 1 aromatic rings. The van der Waals surface area contributed by atoms with Gasteiger partial charge in [-0.1, -0.05) is 24.3 Å². The lowest BCUT2D eigenvalue weighted by Gasteiger charge is -2.31. The van der Waals surface area contributed by atoms with Crippen LogP contribution in [0.4, 0.5) is 0 Å². The van der Waals surface area contributed by atoms with E-state index in [0.29, 0.717) is 6.04 Å². The number of nitrogens with zero attached hydrogens (tertiary/aromatic N) is 2. The molecule has 2 heteroatoms. The highest BCUT2D eigenvalue weighted by atomic mass is 15.1. The Labute approximate surface area is 118 Å². The zero-order chi connectivity index (χ0) is 13.8. The molecule has 0 bridgehead atoms. The van der Waals surface area contributed by atoms with Gasteiger partial charge < -0.3 is 4.90 Å². The third kappa shape index (κ3) is 3.80. The van der Waals surface area contributed by atoms with Crippen molar-refractivity contribution < 1.29 is 0 Å². The smallest absolute Gasteiger partial charge is 0.0236 e. The predicted molar refractivity (Wildman–Crippen MR) is 82.4 cm³/mol. The molecule has 0 radical (unpaired) electrons. The van der Waals surface area contributed by atoms with Crippen molar-refractivity contribution in [3.8, 4) is 0 Å². The molecule has 0 spiro atoms. The van der Waals surface area contributed by atoms with Crippen molar-refractivity contribution in [3.05, 3.63) is 35.4 Å². The highest BCUT2D eigenvalue weighted by Gasteiger charge is 2.18. The second-order valence-electron chi connectivity index (χ2n) is 6.21. The van der Waals surface area contributed by atoms with Crippen LogP contribution in [0.25, 0.3) is 0 Å². The van der Waals surface area contributed by atoms with Gasteiger partial charge in [0, 0.05) is 18.6 Å². The average Bonchev–Trinajstić information content (AvgIpc) is 2.76. The molecule has 2 atom stereocenters. The fourth-order valence-corrected chi connectivity index (χ4v) is 2.89. The lowest BCUT2D eigenvalue weighted by molar-refractivity contribution is 0.231. The summed E-state index contributed by atoms with van der Waals surface area (Å²) in [6.07, 6.45) is 4.00. The Bertz CT molecular complexity index is 365. The Morgan fingerprint density at radius 1 is 0.947 bits per heavy atom. The maximum absolute atomic E-state index is 2.41. The molecule has 1 saturated heterocycles. The molecule has 2 aliphatic rings. The van der Waals surface area contributed by atoms with Gasteiger partial charge in [0.2, 0.25) is 0 Å². The van der Waals surface area contributed by atoms with Crippen LogP contribution < -0.4 is 0 Å². The summed E-state index contributed by atoms with van der Waals surface area (Å²) in [6.45, 7) is 6.99. The summed E-state index contributed by atoms with van der Waals surface area (Å²) in [7, 11) is 4.39. The maximum Gasteiger partial charge on any atom is 0.0236 e. The Balaban J connectivity index is 0.000000163. The number of rotatable bonds is 0. The van der Waals surface area contributed by atoms with Gasteiger partial charge >= 0.3 is 0 Å². The minimum Gasteiger partial charge on any atom is -0.304 e. The number of likely N-dealkylation sites (tertiary alicyclic amines) is 1. The monoisotopic (exact) mass is 260 g/mol. The summed E-state index contributed by atoms with van der Waals surface area (Å²) in [5.41, 5.74) is 3.03. The SMILES string of the molecule is CC1CCCN1C.CC1Cc2ccccc2CN1C. The van der Waals surface area contributed by atoms with Crippen molar-refractivity contribution in [1.29, 1.82) is 0 Å². The quantitative estimate of drug-likeness (QED) is 0.707. The molecule has 0 saturated carbocycles. The van der Waals surface area contributed by atoms with E-state index in [0.717, 1.165) is 12.6 Å². The molecular formula is C17H28N2. The zero-order valence-corrected chi connectivity index (χ0v) is 12.9. The fourth-order valence-electron chi connectivity index (χ4n) is 2.89. The fraction of sp³-hybridized carbons (Fsp3) is 0.647. The second kappa shape index (κ2) is 6.53. The molecule has 2 aliphatic heterocycles. The predicted octanol–water partition coefficient (Wildman–Crippen LogP) is 3.16. The highest BCUT2D eigenvalue weighted by Crippen LogP contribution is 2.21. The summed E-state index contributed by atoms with van der Waals surface area (Å²) in [6, 6.07) is 10.3. The normalized spacial score (nSPS) is 27.6. The van der Waals surface area contributed by atoms with Crippen LogP contribution in [-0.2, 0) is 13.0 Å². The van der Waals surface area contributed by atoms with Crippen LogP contribution in [0, 0.1) is 0 Å². The van der Waals surface area contributed by atoms with Gasteiger partial charge in [-0.25, -0.2) is 0 Å². The maximum atomic E-state index is 2.41. The molecule has 2 unspecified atom stereocenters. The second-order valence-corrected chi connectivity index (χ2v) is 6.21. The Kier molecular flexibility index (Phi) is 5.00. The van der Waals surface area contributed by atoms with E-state index in [4.69, 9.17) is 0 Å². The van der Waals surface area contributed by atoms with Gasteiger partial charge in [-0.15, -0.1) is 0 Å². The zero-order valence-electron chi connectivity index (χ0n) is 12.9. The molecule has 0 amide bonds. The Morgan fingerprint density at radius 2 is 1.63 bits per heavy atom. The van der Waals surface area contributed by atoms with Gasteiger partial charge in [-0.3, -0.25) is 4.90 Å². The molecule has 0 aromatic heterocycles. The van der Waals surface area contributed by atoms with Gasteiger partial charge in [-0.2, -0.15) is 0 Å². The molecule has 2 nitrogen and oxygen atoms in total. The van der Waals surface area contributed by atoms with Crippen molar-refractivity contribution in [2.45, 2.75) is 51.7 Å². The van der Waals surface area contributed by atoms with E-state index in [1.165, 1.54) is 36.9 Å². The molecule has 19 heavy (non-hydrogen) atoms. The van der Waals surface area contributed by atoms with Gasteiger partial charge in [0.25, 0.3) is 0 Å². The molecular weight excluding hydrogens is 232 g/mol. The number of fused-ring (bicyclic) bond motifs is 1. The minimum atomic E-state index is 0.694. The van der Waals surface area contributed by atoms with Crippen LogP contribution in [0.15, 0.2) is 24.3 Å². The molecule has 1 aromatic carbocycles. The molecule has 0 aliphatic carbocycles. The lowest BCUT2D eigenvalue weighted by Crippen LogP contribution is -2.34. The first-order chi connectivity index (χ1) is 9.08. The van der Waals surface area contributed by atoms with E-state index in [2.05, 4.69) is 62.0 Å². The van der Waals surface area contributed by atoms with E-state index in [9.17, 15) is 0 Å². The van der Waals surface area contributed by atoms with E-state index >= 15 is 0 Å². The van der Waals surface area contributed by atoms with Gasteiger partial charge in [-0.05, 0) is 64.9 Å². The molecule has 106 valence electrons. The van der Waals surface area contributed by atoms with Crippen LogP contribution in [0.5, 0.6) is 0 Å². The van der Waals surface area contributed by atoms with Crippen molar-refractivity contribution >= 4 is 0 Å². The van der Waals surface area contributed by atoms with Crippen molar-refractivity contribution in [2.24, 2.45) is 0 Å². The first-order valence-corrected chi connectivity index (χ1v) is 7.55. The molecule has 3 rings (SSSR count). The van der Waals surface area contributed by atoms with Crippen LogP contribution >= 0.6 is 0 Å². The van der Waals surface area contributed by atoms with Crippen molar-refractivity contribution in [1.82, 2.24) is 9.80 Å². The van der Waals surface area contributed by atoms with Crippen molar-refractivity contribution in [2.75, 3.05) is 20.6 Å². The third-order valence-corrected chi connectivity index (χ3v) is 4.69. The number of hydrogen-bond acceptors (Lipinski definition) is 2. The first kappa shape index (κ1) is 14.5. The largest absolute Gasteiger partial charge is 0.304 e. The summed E-state index contributed by atoms with van der Waals surface area (Å²) < 4.78 is 0. The minimum absolute atomic E-state index is 0.694. The summed E-state index contributed by atoms with van der Waals surface area (Å²) >= 11 is 0. The average molecular weight is 260 g/mol. The van der Waals surface area contributed by atoms with E-state index < -0.39 is 0 Å². The summed E-state index contributed by atoms with van der Waals surface area (Å²) in [5, 5.41) is 0. The summed E-state index contributed by atoms with van der Waals surface area (Å²) in [5.74, 6) is 0. The topological polar surface area (TPSA) is 6.48 Å². The van der Waals surface area contributed by atoms with Crippen LogP contribution in [-0.4, -0.2) is 42.5 Å². The Morgan fingerprint density at radius 3 is 2.16 bits per heavy atom. The van der Waals surface area contributed by atoms with Gasteiger partial charge in [0.15, 0.2) is 0 Å². The van der Waals surface area contributed by atoms with Gasteiger partial charge in [0.1, 0.15) is 0 Å². The number of likely N-dealkylation sites (N-methyl/N-ethyl adjacent to an activating group) is 1. The summed E-state index contributed by atoms with van der Waals surface area (Å²) in [4.78, 5) is 4.81. The third-order valence-electron chi connectivity index (χ3n) is 4.69. The number of benzene rings is 1. The molecule has 1 fully saturated rings. The van der Waals surface area contributed by atoms with Crippen LogP contribution in [0.2, 0.25) is 0 Å². The lowest BCUT2D eigenvalue weighted by atomic mass is 9.96. The van der Waals surface area contributed by atoms with Crippen LogP contribution in [0.3, 0.4) is 0 Å². The first-order valence-electron chi connectivity index (χ1n) is 7.55. The van der Waals surface area contributed by atoms with Gasteiger partial charge in [0.05, 0.1) is 0 Å². The van der Waals surface area contributed by atoms with Crippen molar-refractivity contribution in [3.63, 3.8) is 0 Å².